The molecule has 1 amide bonds. The van der Waals surface area contributed by atoms with Crippen LogP contribution in [0.3, 0.4) is 0 Å². The lowest BCUT2D eigenvalue weighted by Crippen LogP contribution is -2.31. The minimum atomic E-state index is -3.56. The molecule has 0 radical (unpaired) electrons. The topological polar surface area (TPSA) is 81.8 Å². The lowest BCUT2D eigenvalue weighted by atomic mass is 10.2. The van der Waals surface area contributed by atoms with E-state index in [0.29, 0.717) is 18.8 Å². The van der Waals surface area contributed by atoms with Crippen LogP contribution < -0.4 is 15.5 Å². The Balaban J connectivity index is 0.00000338. The van der Waals surface area contributed by atoms with Gasteiger partial charge in [0, 0.05) is 26.2 Å². The number of nitrogens with one attached hydrogen (secondary N) is 2. The third-order valence-corrected chi connectivity index (χ3v) is 6.42. The van der Waals surface area contributed by atoms with E-state index in [9.17, 15) is 13.2 Å². The average Bonchev–Trinajstić information content (AvgIpc) is 3.10. The first kappa shape index (κ1) is 22.7. The number of carbonyl (C=O) groups is 1. The number of nitrogens with zero attached hydrogens (tertiary/aromatic N) is 2. The molecular weight excluding hydrogens is 376 g/mol. The van der Waals surface area contributed by atoms with E-state index in [2.05, 4.69) is 15.5 Å². The summed E-state index contributed by atoms with van der Waals surface area (Å²) in [7, 11) is -1.87. The van der Waals surface area contributed by atoms with Crippen LogP contribution in [0.25, 0.3) is 0 Å². The largest absolute Gasteiger partial charge is 0.370 e. The van der Waals surface area contributed by atoms with Gasteiger partial charge in [-0.05, 0) is 38.1 Å². The van der Waals surface area contributed by atoms with Crippen LogP contribution in [-0.2, 0) is 14.8 Å². The Morgan fingerprint density at radius 1 is 1.19 bits per heavy atom. The van der Waals surface area contributed by atoms with Gasteiger partial charge in [-0.3, -0.25) is 4.79 Å². The van der Waals surface area contributed by atoms with Crippen molar-refractivity contribution < 1.29 is 13.2 Å². The second kappa shape index (κ2) is 10.1. The zero-order chi connectivity index (χ0) is 18.4. The van der Waals surface area contributed by atoms with Gasteiger partial charge in [0.25, 0.3) is 0 Å². The van der Waals surface area contributed by atoms with Crippen LogP contribution >= 0.6 is 12.4 Å². The number of sulfonamides is 1. The molecule has 0 saturated carbocycles. The van der Waals surface area contributed by atoms with E-state index >= 15 is 0 Å². The van der Waals surface area contributed by atoms with Crippen molar-refractivity contribution in [2.45, 2.75) is 31.6 Å². The van der Waals surface area contributed by atoms with Crippen LogP contribution in [-0.4, -0.2) is 58.4 Å². The zero-order valence-electron chi connectivity index (χ0n) is 15.6. The summed E-state index contributed by atoms with van der Waals surface area (Å²) in [4.78, 5) is 14.4. The van der Waals surface area contributed by atoms with E-state index in [1.807, 2.05) is 13.8 Å². The molecular formula is C17H29ClN4O3S. The van der Waals surface area contributed by atoms with Crippen LogP contribution in [0.1, 0.15) is 26.7 Å². The van der Waals surface area contributed by atoms with Crippen molar-refractivity contribution in [1.29, 1.82) is 0 Å². The quantitative estimate of drug-likeness (QED) is 0.691. The maximum atomic E-state index is 12.8. The summed E-state index contributed by atoms with van der Waals surface area (Å²) in [6.45, 7) is 6.45. The van der Waals surface area contributed by atoms with Crippen molar-refractivity contribution in [3.05, 3.63) is 18.2 Å². The fourth-order valence-electron chi connectivity index (χ4n) is 3.08. The highest BCUT2D eigenvalue weighted by atomic mass is 35.5. The molecule has 1 aromatic carbocycles. The standard InChI is InChI=1S/C17H28N4O3S.ClH/c1-4-21(5-2)25(23,24)14-8-9-16(20-10-6-7-11-20)15(12-14)19-17(22)13-18-3;/h8-9,12,18H,4-7,10-11,13H2,1-3H3,(H,19,22);1H. The van der Waals surface area contributed by atoms with Gasteiger partial charge in [-0.2, -0.15) is 4.31 Å². The maximum Gasteiger partial charge on any atom is 0.243 e. The Bertz CT molecular complexity index is 702. The number of amides is 1. The van der Waals surface area contributed by atoms with Gasteiger partial charge in [0.2, 0.25) is 15.9 Å². The van der Waals surface area contributed by atoms with Gasteiger partial charge in [-0.15, -0.1) is 12.4 Å². The zero-order valence-corrected chi connectivity index (χ0v) is 17.3. The van der Waals surface area contributed by atoms with Gasteiger partial charge >= 0.3 is 0 Å². The molecule has 1 heterocycles. The predicted molar refractivity (Wildman–Crippen MR) is 108 cm³/mol. The monoisotopic (exact) mass is 404 g/mol. The second-order valence-electron chi connectivity index (χ2n) is 6.04. The molecule has 2 N–H and O–H groups in total. The van der Waals surface area contributed by atoms with Crippen LogP contribution in [0, 0.1) is 0 Å². The van der Waals surface area contributed by atoms with Crippen LogP contribution in [0.4, 0.5) is 11.4 Å². The van der Waals surface area contributed by atoms with E-state index in [4.69, 9.17) is 0 Å². The van der Waals surface area contributed by atoms with E-state index in [0.717, 1.165) is 31.6 Å². The van der Waals surface area contributed by atoms with Gasteiger partial charge < -0.3 is 15.5 Å². The normalized spacial score (nSPS) is 14.4. The van der Waals surface area contributed by atoms with Crippen molar-refractivity contribution in [3.8, 4) is 0 Å². The molecule has 7 nitrogen and oxygen atoms in total. The number of hydrogen-bond acceptors (Lipinski definition) is 5. The molecule has 148 valence electrons. The number of carbonyl (C=O) groups excluding carboxylic acids is 1. The van der Waals surface area contributed by atoms with E-state index in [-0.39, 0.29) is 29.8 Å². The molecule has 0 aliphatic carbocycles. The Morgan fingerprint density at radius 2 is 1.81 bits per heavy atom. The minimum Gasteiger partial charge on any atom is -0.370 e. The molecule has 26 heavy (non-hydrogen) atoms. The molecule has 0 spiro atoms. The summed E-state index contributed by atoms with van der Waals surface area (Å²) in [6.07, 6.45) is 2.20. The molecule has 1 fully saturated rings. The molecule has 1 aromatic rings. The Labute approximate surface area is 162 Å². The van der Waals surface area contributed by atoms with Gasteiger partial charge in [0.15, 0.2) is 0 Å². The van der Waals surface area contributed by atoms with Gasteiger partial charge in [0.1, 0.15) is 0 Å². The molecule has 1 aliphatic rings. The summed E-state index contributed by atoms with van der Waals surface area (Å²) in [5, 5.41) is 5.66. The summed E-state index contributed by atoms with van der Waals surface area (Å²) < 4.78 is 27.0. The number of likely N-dealkylation sites (N-methyl/N-ethyl adjacent to an activating group) is 1. The Hall–Kier alpha value is -1.35. The Morgan fingerprint density at radius 3 is 2.35 bits per heavy atom. The Kier molecular flexibility index (Phi) is 8.82. The highest BCUT2D eigenvalue weighted by Crippen LogP contribution is 2.32. The summed E-state index contributed by atoms with van der Waals surface area (Å²) in [5.41, 5.74) is 1.43. The van der Waals surface area contributed by atoms with Crippen molar-refractivity contribution >= 4 is 39.7 Å². The molecule has 0 bridgehead atoms. The first-order valence-electron chi connectivity index (χ1n) is 8.77. The van der Waals surface area contributed by atoms with E-state index in [1.165, 1.54) is 4.31 Å². The minimum absolute atomic E-state index is 0. The van der Waals surface area contributed by atoms with E-state index in [1.54, 1.807) is 25.2 Å². The first-order valence-corrected chi connectivity index (χ1v) is 10.2. The number of benzene rings is 1. The SMILES string of the molecule is CCN(CC)S(=O)(=O)c1ccc(N2CCCC2)c(NC(=O)CNC)c1.Cl. The van der Waals surface area contributed by atoms with Crippen molar-refractivity contribution in [2.24, 2.45) is 0 Å². The summed E-state index contributed by atoms with van der Waals surface area (Å²) >= 11 is 0. The van der Waals surface area contributed by atoms with Gasteiger partial charge in [0.05, 0.1) is 22.8 Å². The van der Waals surface area contributed by atoms with Gasteiger partial charge in [-0.1, -0.05) is 13.8 Å². The van der Waals surface area contributed by atoms with Crippen LogP contribution in [0.5, 0.6) is 0 Å². The fourth-order valence-corrected chi connectivity index (χ4v) is 4.56. The molecule has 0 aromatic heterocycles. The summed E-state index contributed by atoms with van der Waals surface area (Å²) in [5.74, 6) is -0.194. The first-order chi connectivity index (χ1) is 11.9. The molecule has 1 saturated heterocycles. The lowest BCUT2D eigenvalue weighted by molar-refractivity contribution is -0.115. The second-order valence-corrected chi connectivity index (χ2v) is 7.98. The third kappa shape index (κ3) is 5.09. The summed E-state index contributed by atoms with van der Waals surface area (Å²) in [6, 6.07) is 5.01. The van der Waals surface area contributed by atoms with E-state index < -0.39 is 10.0 Å². The third-order valence-electron chi connectivity index (χ3n) is 4.37. The lowest BCUT2D eigenvalue weighted by Gasteiger charge is -2.24. The van der Waals surface area contributed by atoms with Crippen molar-refractivity contribution in [1.82, 2.24) is 9.62 Å². The number of anilines is 2. The van der Waals surface area contributed by atoms with Gasteiger partial charge in [-0.25, -0.2) is 8.42 Å². The average molecular weight is 405 g/mol. The maximum absolute atomic E-state index is 12.8. The molecule has 0 unspecified atom stereocenters. The molecule has 9 heteroatoms. The van der Waals surface area contributed by atoms with Crippen LogP contribution in [0.15, 0.2) is 23.1 Å². The molecule has 2 rings (SSSR count). The number of rotatable bonds is 8. The number of halogens is 1. The number of hydrogen-bond donors (Lipinski definition) is 2. The highest BCUT2D eigenvalue weighted by Gasteiger charge is 2.24. The molecule has 1 aliphatic heterocycles. The van der Waals surface area contributed by atoms with Crippen LogP contribution in [0.2, 0.25) is 0 Å². The molecule has 0 atom stereocenters. The fraction of sp³-hybridized carbons (Fsp3) is 0.588. The predicted octanol–water partition coefficient (Wildman–Crippen LogP) is 1.90. The smallest absolute Gasteiger partial charge is 0.243 e. The highest BCUT2D eigenvalue weighted by molar-refractivity contribution is 7.89. The van der Waals surface area contributed by atoms with Crippen molar-refractivity contribution in [2.75, 3.05) is 50.0 Å². The van der Waals surface area contributed by atoms with Crippen molar-refractivity contribution in [3.63, 3.8) is 0 Å².